The molecule has 0 bridgehead atoms. The second-order valence-electron chi connectivity index (χ2n) is 1.91. The number of halogens is 9. The molecule has 9 heteroatoms. The van der Waals surface area contributed by atoms with Crippen molar-refractivity contribution in [1.82, 2.24) is 0 Å². The average molecular weight is 367 g/mol. The molecule has 0 rings (SSSR count). The predicted molar refractivity (Wildman–Crippen MR) is 64.1 cm³/mol. The zero-order valence-electron chi connectivity index (χ0n) is 5.40. The Balaban J connectivity index is 5.22. The molecule has 0 fully saturated rings. The van der Waals surface area contributed by atoms with Crippen LogP contribution in [0.25, 0.3) is 0 Å². The van der Waals surface area contributed by atoms with Gasteiger partial charge in [0.2, 0.25) is 7.59 Å². The molecule has 0 aliphatic carbocycles. The van der Waals surface area contributed by atoms with Gasteiger partial charge in [0, 0.05) is 0 Å². The molecule has 13 heavy (non-hydrogen) atoms. The highest BCUT2D eigenvalue weighted by Gasteiger charge is 2.64. The summed E-state index contributed by atoms with van der Waals surface area (Å²) in [7, 11) is 0. The summed E-state index contributed by atoms with van der Waals surface area (Å²) in [5.41, 5.74) is 0. The fourth-order valence-electron chi connectivity index (χ4n) is 0.375. The van der Waals surface area contributed by atoms with Gasteiger partial charge in [0.25, 0.3) is 0 Å². The first kappa shape index (κ1) is 15.6. The SMILES string of the molecule is Cl[C](Cl)C(Cl)(C(Cl)(Cl)Cl)C(Cl)(Cl)Cl. The van der Waals surface area contributed by atoms with Gasteiger partial charge in [0.1, 0.15) is 0 Å². The summed E-state index contributed by atoms with van der Waals surface area (Å²) in [4.78, 5) is -2.66. The third-order valence-electron chi connectivity index (χ3n) is 1.04. The van der Waals surface area contributed by atoms with E-state index >= 15 is 0 Å². The fourth-order valence-corrected chi connectivity index (χ4v) is 3.37. The highest BCUT2D eigenvalue weighted by molar-refractivity contribution is 6.80. The molecule has 0 aromatic heterocycles. The number of hydrogen-bond donors (Lipinski definition) is 0. The van der Waals surface area contributed by atoms with Gasteiger partial charge < -0.3 is 0 Å². The molecule has 0 saturated heterocycles. The van der Waals surface area contributed by atoms with Crippen LogP contribution in [-0.4, -0.2) is 12.5 Å². The van der Waals surface area contributed by atoms with Crippen LogP contribution in [0.4, 0.5) is 0 Å². The highest BCUT2D eigenvalue weighted by atomic mass is 35.6. The zero-order valence-corrected chi connectivity index (χ0v) is 12.2. The monoisotopic (exact) mass is 363 g/mol. The van der Waals surface area contributed by atoms with Gasteiger partial charge in [0.05, 0.1) is 0 Å². The van der Waals surface area contributed by atoms with Gasteiger partial charge in [-0.3, -0.25) is 0 Å². The Labute approximate surface area is 121 Å². The lowest BCUT2D eigenvalue weighted by Crippen LogP contribution is -2.50. The highest BCUT2D eigenvalue weighted by Crippen LogP contribution is 2.61. The molecule has 0 N–H and O–H groups in total. The van der Waals surface area contributed by atoms with Crippen molar-refractivity contribution in [2.24, 2.45) is 0 Å². The maximum absolute atomic E-state index is 5.73. The average Bonchev–Trinajstić information content (AvgIpc) is 1.80. The quantitative estimate of drug-likeness (QED) is 0.524. The van der Waals surface area contributed by atoms with E-state index < -0.39 is 17.3 Å². The molecule has 0 amide bonds. The minimum Gasteiger partial charge on any atom is -0.106 e. The number of rotatable bonds is 1. The van der Waals surface area contributed by atoms with Gasteiger partial charge >= 0.3 is 0 Å². The lowest BCUT2D eigenvalue weighted by Gasteiger charge is -2.39. The summed E-state index contributed by atoms with van der Waals surface area (Å²) < 4.78 is -4.31. The van der Waals surface area contributed by atoms with Crippen LogP contribution in [0.1, 0.15) is 0 Å². The van der Waals surface area contributed by atoms with Crippen molar-refractivity contribution < 1.29 is 0 Å². The van der Waals surface area contributed by atoms with Crippen LogP contribution in [-0.2, 0) is 0 Å². The second kappa shape index (κ2) is 4.85. The lowest BCUT2D eigenvalue weighted by atomic mass is 10.2. The van der Waals surface area contributed by atoms with Gasteiger partial charge in [-0.25, -0.2) is 0 Å². The Kier molecular flexibility index (Phi) is 5.83. The molecule has 0 atom stereocenters. The van der Waals surface area contributed by atoms with Crippen LogP contribution in [0.15, 0.2) is 0 Å². The van der Waals surface area contributed by atoms with Gasteiger partial charge in [-0.2, -0.15) is 0 Å². The summed E-state index contributed by atoms with van der Waals surface area (Å²) in [6.07, 6.45) is 0. The van der Waals surface area contributed by atoms with Crippen LogP contribution in [0.2, 0.25) is 0 Å². The first-order valence-electron chi connectivity index (χ1n) is 2.45. The third-order valence-corrected chi connectivity index (χ3v) is 4.84. The topological polar surface area (TPSA) is 0 Å². The summed E-state index contributed by atoms with van der Waals surface area (Å²) in [5, 5.41) is 0. The maximum Gasteiger partial charge on any atom is 0.216 e. The molecule has 0 aliphatic rings. The lowest BCUT2D eigenvalue weighted by molar-refractivity contribution is 0.698. The first-order chi connectivity index (χ1) is 5.44. The van der Waals surface area contributed by atoms with E-state index in [-0.39, 0.29) is 0 Å². The maximum atomic E-state index is 5.73. The normalized spacial score (nSPS) is 15.2. The first-order valence-corrected chi connectivity index (χ1v) is 5.85. The molecule has 1 radical (unpaired) electrons. The van der Waals surface area contributed by atoms with E-state index in [9.17, 15) is 0 Å². The van der Waals surface area contributed by atoms with E-state index in [1.807, 2.05) is 0 Å². The van der Waals surface area contributed by atoms with E-state index in [0.29, 0.717) is 0 Å². The summed E-state index contributed by atoms with van der Waals surface area (Å²) in [6.45, 7) is 0. The molecule has 0 aliphatic heterocycles. The van der Waals surface area contributed by atoms with Crippen LogP contribution in [0.3, 0.4) is 0 Å². The molecule has 0 saturated carbocycles. The van der Waals surface area contributed by atoms with E-state index in [1.165, 1.54) is 0 Å². The van der Waals surface area contributed by atoms with Crippen molar-refractivity contribution in [3.05, 3.63) is 4.84 Å². The molecular weight excluding hydrogens is 367 g/mol. The van der Waals surface area contributed by atoms with E-state index in [0.717, 1.165) is 0 Å². The van der Waals surface area contributed by atoms with E-state index in [2.05, 4.69) is 0 Å². The Morgan fingerprint density at radius 1 is 0.615 bits per heavy atom. The summed E-state index contributed by atoms with van der Waals surface area (Å²) in [6, 6.07) is 0. The Morgan fingerprint density at radius 2 is 0.846 bits per heavy atom. The van der Waals surface area contributed by atoms with Crippen molar-refractivity contribution in [3.8, 4) is 0 Å². The van der Waals surface area contributed by atoms with Crippen molar-refractivity contribution in [2.75, 3.05) is 0 Å². The Morgan fingerprint density at radius 3 is 0.846 bits per heavy atom. The molecule has 0 aromatic rings. The summed E-state index contributed by atoms with van der Waals surface area (Å²) >= 11 is 49.4. The molecule has 0 aromatic carbocycles. The summed E-state index contributed by atoms with van der Waals surface area (Å²) in [5.74, 6) is 0. The Hall–Kier alpha value is 2.61. The van der Waals surface area contributed by atoms with Gasteiger partial charge in [-0.1, -0.05) is 92.8 Å². The van der Waals surface area contributed by atoms with E-state index in [1.54, 1.807) is 0 Å². The predicted octanol–water partition coefficient (Wildman–Crippen LogP) is 5.67. The van der Waals surface area contributed by atoms with Crippen molar-refractivity contribution in [3.63, 3.8) is 0 Å². The number of alkyl halides is 7. The van der Waals surface area contributed by atoms with Crippen LogP contribution in [0, 0.1) is 4.84 Å². The minimum atomic E-state index is -2.15. The standard InChI is InChI=1S/C4Cl9/c5-1(6)2(7,3(8,9)10)4(11,12)13. The van der Waals surface area contributed by atoms with Gasteiger partial charge in [-0.15, -0.1) is 11.6 Å². The van der Waals surface area contributed by atoms with Crippen LogP contribution < -0.4 is 0 Å². The van der Waals surface area contributed by atoms with Gasteiger partial charge in [-0.05, 0) is 0 Å². The van der Waals surface area contributed by atoms with Crippen LogP contribution in [0.5, 0.6) is 0 Å². The molecule has 0 heterocycles. The molecule has 0 unspecified atom stereocenters. The molecular formula is C4Cl9. The van der Waals surface area contributed by atoms with Crippen molar-refractivity contribution >= 4 is 104 Å². The molecule has 0 spiro atoms. The molecule has 79 valence electrons. The van der Waals surface area contributed by atoms with Crippen LogP contribution >= 0.6 is 104 Å². The number of hydrogen-bond acceptors (Lipinski definition) is 0. The van der Waals surface area contributed by atoms with Crippen molar-refractivity contribution in [1.29, 1.82) is 0 Å². The van der Waals surface area contributed by atoms with Gasteiger partial charge in [0.15, 0.2) is 9.71 Å². The third kappa shape index (κ3) is 3.28. The second-order valence-corrected chi connectivity index (χ2v) is 7.99. The molecule has 0 nitrogen and oxygen atoms in total. The minimum absolute atomic E-state index is 0.547. The Bertz CT molecular complexity index is 159. The smallest absolute Gasteiger partial charge is 0.106 e. The fraction of sp³-hybridized carbons (Fsp3) is 0.750. The van der Waals surface area contributed by atoms with Crippen molar-refractivity contribution in [2.45, 2.75) is 12.5 Å². The zero-order chi connectivity index (χ0) is 11.1. The largest absolute Gasteiger partial charge is 0.216 e. The van der Waals surface area contributed by atoms with E-state index in [4.69, 9.17) is 104 Å².